The summed E-state index contributed by atoms with van der Waals surface area (Å²) in [6.07, 6.45) is 3.84. The molecule has 0 fully saturated rings. The molecule has 0 aliphatic carbocycles. The Morgan fingerprint density at radius 1 is 0.833 bits per heavy atom. The first-order valence-electron chi connectivity index (χ1n) is 5.75. The molecule has 0 atom stereocenters. The Kier molecular flexibility index (Phi) is 3.07. The van der Waals surface area contributed by atoms with Crippen molar-refractivity contribution in [3.8, 4) is 0 Å². The van der Waals surface area contributed by atoms with E-state index in [-0.39, 0.29) is 0 Å². The molecule has 0 unspecified atom stereocenters. The third-order valence-electron chi connectivity index (χ3n) is 2.72. The first-order valence-corrected chi connectivity index (χ1v) is 6.52. The van der Waals surface area contributed by atoms with Crippen LogP contribution >= 0.6 is 11.5 Å². The Hall–Kier alpha value is -2.13. The van der Waals surface area contributed by atoms with Gasteiger partial charge in [-0.2, -0.15) is 4.37 Å². The van der Waals surface area contributed by atoms with Crippen LogP contribution in [0.1, 0.15) is 0 Å². The predicted molar refractivity (Wildman–Crippen MR) is 77.9 cm³/mol. The summed E-state index contributed by atoms with van der Waals surface area (Å²) in [4.78, 5) is 3.12. The summed E-state index contributed by atoms with van der Waals surface area (Å²) >= 11 is 1.54. The van der Waals surface area contributed by atoms with Gasteiger partial charge in [-0.25, -0.2) is 0 Å². The molecule has 18 heavy (non-hydrogen) atoms. The molecule has 1 N–H and O–H groups in total. The molecular formula is C15H12N2S. The molecule has 88 valence electrons. The Balaban J connectivity index is 0.000000111. The monoisotopic (exact) mass is 252 g/mol. The van der Waals surface area contributed by atoms with E-state index in [9.17, 15) is 0 Å². The molecule has 4 aromatic rings. The van der Waals surface area contributed by atoms with E-state index >= 15 is 0 Å². The van der Waals surface area contributed by atoms with Gasteiger partial charge < -0.3 is 4.98 Å². The number of nitrogens with zero attached hydrogens (tertiary/aromatic N) is 1. The highest BCUT2D eigenvalue weighted by Gasteiger charge is 1.89. The summed E-state index contributed by atoms with van der Waals surface area (Å²) in [5, 5.41) is 2.51. The Bertz CT molecular complexity index is 628. The minimum absolute atomic E-state index is 1.21. The Morgan fingerprint density at radius 3 is 2.44 bits per heavy atom. The number of H-pyrrole nitrogens is 1. The fourth-order valence-electron chi connectivity index (χ4n) is 1.81. The van der Waals surface area contributed by atoms with Gasteiger partial charge in [-0.3, -0.25) is 0 Å². The molecule has 0 saturated carbocycles. The van der Waals surface area contributed by atoms with Crippen LogP contribution in [0.25, 0.3) is 21.0 Å². The van der Waals surface area contributed by atoms with E-state index in [1.54, 1.807) is 0 Å². The van der Waals surface area contributed by atoms with Crippen molar-refractivity contribution in [3.63, 3.8) is 0 Å². The summed E-state index contributed by atoms with van der Waals surface area (Å²) in [6, 6.07) is 18.5. The minimum Gasteiger partial charge on any atom is -0.361 e. The summed E-state index contributed by atoms with van der Waals surface area (Å²) in [5.74, 6) is 0. The van der Waals surface area contributed by atoms with Crippen LogP contribution in [0.3, 0.4) is 0 Å². The first kappa shape index (κ1) is 11.0. The Labute approximate surface area is 109 Å². The molecule has 0 radical (unpaired) electrons. The van der Waals surface area contributed by atoms with Gasteiger partial charge in [0, 0.05) is 23.3 Å². The molecule has 0 amide bonds. The zero-order valence-electron chi connectivity index (χ0n) is 9.71. The molecular weight excluding hydrogens is 240 g/mol. The molecule has 0 bridgehead atoms. The molecule has 2 aromatic heterocycles. The number of aromatic amines is 1. The number of para-hydroxylation sites is 1. The summed E-state index contributed by atoms with van der Waals surface area (Å²) in [5.41, 5.74) is 1.21. The van der Waals surface area contributed by atoms with Crippen LogP contribution in [0, 0.1) is 0 Å². The summed E-state index contributed by atoms with van der Waals surface area (Å²) in [6.45, 7) is 0. The maximum absolute atomic E-state index is 4.04. The van der Waals surface area contributed by atoms with E-state index in [0.29, 0.717) is 0 Å². The number of aromatic nitrogens is 2. The molecule has 0 spiro atoms. The second-order valence-corrected chi connectivity index (χ2v) is 4.76. The fraction of sp³-hybridized carbons (Fsp3) is 0. The van der Waals surface area contributed by atoms with Gasteiger partial charge in [0.15, 0.2) is 0 Å². The van der Waals surface area contributed by atoms with Crippen molar-refractivity contribution in [2.45, 2.75) is 0 Å². The molecule has 2 nitrogen and oxygen atoms in total. The number of hydrogen-bond acceptors (Lipinski definition) is 2. The van der Waals surface area contributed by atoms with Gasteiger partial charge in [-0.05, 0) is 35.1 Å². The molecule has 3 heteroatoms. The zero-order chi connectivity index (χ0) is 12.2. The highest BCUT2D eigenvalue weighted by Crippen LogP contribution is 2.15. The van der Waals surface area contributed by atoms with Gasteiger partial charge in [-0.1, -0.05) is 36.4 Å². The van der Waals surface area contributed by atoms with E-state index in [1.165, 1.54) is 32.5 Å². The van der Waals surface area contributed by atoms with Gasteiger partial charge in [0.2, 0.25) is 0 Å². The SMILES string of the molecule is c1ccc2[nH]ccc2c1.c1ccc2sncc2c1. The molecule has 2 heterocycles. The predicted octanol–water partition coefficient (Wildman–Crippen LogP) is 4.46. The number of benzene rings is 2. The fourth-order valence-corrected chi connectivity index (χ4v) is 2.45. The average molecular weight is 252 g/mol. The molecule has 0 aliphatic heterocycles. The second kappa shape index (κ2) is 5.02. The minimum atomic E-state index is 1.21. The van der Waals surface area contributed by atoms with E-state index in [0.717, 1.165) is 0 Å². The van der Waals surface area contributed by atoms with E-state index in [4.69, 9.17) is 0 Å². The zero-order valence-corrected chi connectivity index (χ0v) is 10.5. The maximum Gasteiger partial charge on any atom is 0.0549 e. The van der Waals surface area contributed by atoms with Crippen LogP contribution in [0.15, 0.2) is 67.0 Å². The lowest BCUT2D eigenvalue weighted by Crippen LogP contribution is -1.61. The van der Waals surface area contributed by atoms with Gasteiger partial charge in [0.1, 0.15) is 0 Å². The van der Waals surface area contributed by atoms with E-state index in [1.807, 2.05) is 36.7 Å². The lowest BCUT2D eigenvalue weighted by atomic mass is 10.3. The van der Waals surface area contributed by atoms with E-state index < -0.39 is 0 Å². The van der Waals surface area contributed by atoms with Crippen molar-refractivity contribution in [2.24, 2.45) is 0 Å². The summed E-state index contributed by atoms with van der Waals surface area (Å²) < 4.78 is 5.30. The first-order chi connectivity index (χ1) is 8.93. The lowest BCUT2D eigenvalue weighted by Gasteiger charge is -1.83. The number of hydrogen-bond donors (Lipinski definition) is 1. The second-order valence-electron chi connectivity index (χ2n) is 3.93. The van der Waals surface area contributed by atoms with E-state index in [2.05, 4.69) is 39.7 Å². The van der Waals surface area contributed by atoms with Crippen LogP contribution in [-0.2, 0) is 0 Å². The van der Waals surface area contributed by atoms with Crippen molar-refractivity contribution in [2.75, 3.05) is 0 Å². The molecule has 2 aromatic carbocycles. The van der Waals surface area contributed by atoms with Crippen molar-refractivity contribution in [1.29, 1.82) is 0 Å². The van der Waals surface area contributed by atoms with Crippen LogP contribution in [0.4, 0.5) is 0 Å². The largest absolute Gasteiger partial charge is 0.361 e. The highest BCUT2D eigenvalue weighted by atomic mass is 32.1. The van der Waals surface area contributed by atoms with Crippen molar-refractivity contribution in [1.82, 2.24) is 9.36 Å². The number of nitrogens with one attached hydrogen (secondary N) is 1. The topological polar surface area (TPSA) is 28.7 Å². The highest BCUT2D eigenvalue weighted by molar-refractivity contribution is 7.13. The van der Waals surface area contributed by atoms with Gasteiger partial charge in [0.05, 0.1) is 4.70 Å². The van der Waals surface area contributed by atoms with Crippen LogP contribution in [-0.4, -0.2) is 9.36 Å². The standard InChI is InChI=1S/C8H7N.C7H5NS/c1-2-4-8-7(3-1)5-6-9-8;1-2-4-7-6(3-1)5-8-9-7/h1-6,9H;1-5H. The van der Waals surface area contributed by atoms with Crippen molar-refractivity contribution in [3.05, 3.63) is 67.0 Å². The smallest absolute Gasteiger partial charge is 0.0549 e. The molecule has 0 saturated heterocycles. The average Bonchev–Trinajstić information content (AvgIpc) is 3.08. The third kappa shape index (κ3) is 2.26. The number of rotatable bonds is 0. The van der Waals surface area contributed by atoms with Gasteiger partial charge in [0.25, 0.3) is 0 Å². The molecule has 0 aliphatic rings. The van der Waals surface area contributed by atoms with Crippen molar-refractivity contribution >= 4 is 32.5 Å². The van der Waals surface area contributed by atoms with Crippen molar-refractivity contribution < 1.29 is 0 Å². The lowest BCUT2D eigenvalue weighted by molar-refractivity contribution is 1.48. The van der Waals surface area contributed by atoms with Crippen LogP contribution < -0.4 is 0 Å². The van der Waals surface area contributed by atoms with Gasteiger partial charge in [-0.15, -0.1) is 0 Å². The van der Waals surface area contributed by atoms with Crippen LogP contribution in [0.2, 0.25) is 0 Å². The van der Waals surface area contributed by atoms with Gasteiger partial charge >= 0.3 is 0 Å². The Morgan fingerprint density at radius 2 is 1.61 bits per heavy atom. The quantitative estimate of drug-likeness (QED) is 0.491. The third-order valence-corrected chi connectivity index (χ3v) is 3.50. The maximum atomic E-state index is 4.04. The van der Waals surface area contributed by atoms with Crippen LogP contribution in [0.5, 0.6) is 0 Å². The molecule has 4 rings (SSSR count). The normalized spacial score (nSPS) is 10.2. The number of fused-ring (bicyclic) bond motifs is 2. The summed E-state index contributed by atoms with van der Waals surface area (Å²) in [7, 11) is 0.